The van der Waals surface area contributed by atoms with Crippen LogP contribution in [0.25, 0.3) is 39.1 Å². The van der Waals surface area contributed by atoms with Crippen LogP contribution in [0.5, 0.6) is 0 Å². The Morgan fingerprint density at radius 3 is 2.54 bits per heavy atom. The summed E-state index contributed by atoms with van der Waals surface area (Å²) in [4.78, 5) is 9.43. The first-order valence-corrected chi connectivity index (χ1v) is 8.02. The van der Waals surface area contributed by atoms with Gasteiger partial charge < -0.3 is 4.57 Å². The monoisotopic (exact) mass is 312 g/mol. The van der Waals surface area contributed by atoms with Gasteiger partial charge in [-0.15, -0.1) is 0 Å². The number of pyridine rings is 1. The fourth-order valence-electron chi connectivity index (χ4n) is 3.43. The van der Waals surface area contributed by atoms with Gasteiger partial charge in [-0.3, -0.25) is 9.38 Å². The third kappa shape index (κ3) is 1.74. The zero-order valence-corrected chi connectivity index (χ0v) is 13.6. The molecule has 4 heteroatoms. The van der Waals surface area contributed by atoms with Crippen LogP contribution in [-0.2, 0) is 7.05 Å². The Bertz CT molecular complexity index is 1230. The average molecular weight is 312 g/mol. The lowest BCUT2D eigenvalue weighted by Gasteiger charge is -2.03. The zero-order chi connectivity index (χ0) is 16.3. The minimum Gasteiger partial charge on any atom is -0.313 e. The van der Waals surface area contributed by atoms with Gasteiger partial charge in [0.2, 0.25) is 5.78 Å². The number of aryl methyl sites for hydroxylation is 2. The topological polar surface area (TPSA) is 35.1 Å². The van der Waals surface area contributed by atoms with Crippen molar-refractivity contribution in [3.63, 3.8) is 0 Å². The lowest BCUT2D eigenvalue weighted by molar-refractivity contribution is 0.973. The fraction of sp³-hybridized carbons (Fsp3) is 0.100. The second kappa shape index (κ2) is 4.68. The first-order chi connectivity index (χ1) is 11.7. The van der Waals surface area contributed by atoms with Crippen molar-refractivity contribution in [2.75, 3.05) is 0 Å². The van der Waals surface area contributed by atoms with Gasteiger partial charge in [0.25, 0.3) is 0 Å². The molecule has 0 aliphatic rings. The van der Waals surface area contributed by atoms with Crippen LogP contribution in [0, 0.1) is 6.92 Å². The van der Waals surface area contributed by atoms with E-state index >= 15 is 0 Å². The van der Waals surface area contributed by atoms with E-state index in [1.807, 2.05) is 19.1 Å². The Morgan fingerprint density at radius 2 is 1.67 bits per heavy atom. The third-order valence-corrected chi connectivity index (χ3v) is 4.60. The highest BCUT2D eigenvalue weighted by Gasteiger charge is 2.14. The van der Waals surface area contributed by atoms with Gasteiger partial charge in [0.1, 0.15) is 0 Å². The lowest BCUT2D eigenvalue weighted by Crippen LogP contribution is -1.89. The number of hydrogen-bond donors (Lipinski definition) is 0. The molecule has 0 bridgehead atoms. The highest BCUT2D eigenvalue weighted by atomic mass is 15.2. The van der Waals surface area contributed by atoms with E-state index < -0.39 is 0 Å². The molecule has 0 radical (unpaired) electrons. The van der Waals surface area contributed by atoms with Crippen molar-refractivity contribution >= 4 is 27.8 Å². The van der Waals surface area contributed by atoms with Gasteiger partial charge in [0, 0.05) is 18.3 Å². The van der Waals surface area contributed by atoms with Crippen LogP contribution in [0.1, 0.15) is 5.69 Å². The Morgan fingerprint density at radius 1 is 0.792 bits per heavy atom. The summed E-state index contributed by atoms with van der Waals surface area (Å²) < 4.78 is 4.37. The molecule has 3 heterocycles. The summed E-state index contributed by atoms with van der Waals surface area (Å²) in [5.41, 5.74) is 7.62. The van der Waals surface area contributed by atoms with Crippen molar-refractivity contribution in [2.45, 2.75) is 6.92 Å². The molecular weight excluding hydrogens is 296 g/mol. The molecule has 0 unspecified atom stereocenters. The maximum atomic E-state index is 4.78. The molecule has 0 saturated carbocycles. The molecule has 0 atom stereocenters. The van der Waals surface area contributed by atoms with E-state index in [0.717, 1.165) is 39.3 Å². The molecule has 2 aromatic carbocycles. The summed E-state index contributed by atoms with van der Waals surface area (Å²) in [6.07, 6.45) is 0. The van der Waals surface area contributed by atoms with Crippen molar-refractivity contribution in [3.05, 3.63) is 66.4 Å². The smallest absolute Gasteiger partial charge is 0.215 e. The molecule has 0 aliphatic heterocycles. The van der Waals surface area contributed by atoms with Crippen LogP contribution >= 0.6 is 0 Å². The van der Waals surface area contributed by atoms with E-state index in [-0.39, 0.29) is 0 Å². The van der Waals surface area contributed by atoms with E-state index in [2.05, 4.69) is 69.5 Å². The number of fused-ring (bicyclic) bond motifs is 5. The van der Waals surface area contributed by atoms with Crippen LogP contribution in [0.2, 0.25) is 0 Å². The van der Waals surface area contributed by atoms with Crippen molar-refractivity contribution in [2.24, 2.45) is 7.05 Å². The normalized spacial score (nSPS) is 11.8. The van der Waals surface area contributed by atoms with Crippen LogP contribution in [0.4, 0.5) is 0 Å². The van der Waals surface area contributed by atoms with Crippen molar-refractivity contribution < 1.29 is 0 Å². The fourth-order valence-corrected chi connectivity index (χ4v) is 3.43. The Hall–Kier alpha value is -3.14. The quantitative estimate of drug-likeness (QED) is 0.461. The van der Waals surface area contributed by atoms with Gasteiger partial charge in [-0.25, -0.2) is 4.98 Å². The molecule has 24 heavy (non-hydrogen) atoms. The largest absolute Gasteiger partial charge is 0.313 e. The Balaban J connectivity index is 1.89. The highest BCUT2D eigenvalue weighted by molar-refractivity contribution is 5.92. The van der Waals surface area contributed by atoms with Crippen LogP contribution in [0.15, 0.2) is 60.7 Å². The second-order valence-electron chi connectivity index (χ2n) is 6.16. The Kier molecular flexibility index (Phi) is 2.59. The number of imidazole rings is 2. The Labute approximate surface area is 139 Å². The molecule has 0 saturated heterocycles. The van der Waals surface area contributed by atoms with Gasteiger partial charge in [0.05, 0.1) is 27.8 Å². The predicted octanol–water partition coefficient (Wildman–Crippen LogP) is 4.35. The molecule has 0 N–H and O–H groups in total. The minimum absolute atomic E-state index is 0.959. The summed E-state index contributed by atoms with van der Waals surface area (Å²) in [5.74, 6) is 0.959. The molecule has 0 aliphatic carbocycles. The van der Waals surface area contributed by atoms with Gasteiger partial charge in [0.15, 0.2) is 0 Å². The molecule has 0 spiro atoms. The standard InChI is InChI=1S/C20H16N4/c1-13-6-5-8-15(21-13)14-10-11-18-19(12-14)24-17-9-4-3-7-16(17)22-20(24)23(18)2/h3-12H,1-2H3. The number of hydrogen-bond acceptors (Lipinski definition) is 2. The maximum Gasteiger partial charge on any atom is 0.215 e. The molecule has 5 rings (SSSR count). The molecule has 5 aromatic rings. The van der Waals surface area contributed by atoms with E-state index in [1.54, 1.807) is 0 Å². The van der Waals surface area contributed by atoms with Crippen LogP contribution in [-0.4, -0.2) is 18.9 Å². The summed E-state index contributed by atoms with van der Waals surface area (Å²) in [7, 11) is 2.06. The second-order valence-corrected chi connectivity index (χ2v) is 6.16. The minimum atomic E-state index is 0.959. The van der Waals surface area contributed by atoms with Gasteiger partial charge in [-0.05, 0) is 43.3 Å². The lowest BCUT2D eigenvalue weighted by atomic mass is 10.1. The molecule has 3 aromatic heterocycles. The first-order valence-electron chi connectivity index (χ1n) is 8.02. The summed E-state index contributed by atoms with van der Waals surface area (Å²) in [6.45, 7) is 2.02. The van der Waals surface area contributed by atoms with Crippen molar-refractivity contribution in [1.29, 1.82) is 0 Å². The summed E-state index contributed by atoms with van der Waals surface area (Å²) in [6, 6.07) is 20.9. The molecule has 116 valence electrons. The van der Waals surface area contributed by atoms with Crippen molar-refractivity contribution in [1.82, 2.24) is 18.9 Å². The highest BCUT2D eigenvalue weighted by Crippen LogP contribution is 2.28. The zero-order valence-electron chi connectivity index (χ0n) is 13.6. The summed E-state index contributed by atoms with van der Waals surface area (Å²) in [5, 5.41) is 0. The first kappa shape index (κ1) is 13.3. The van der Waals surface area contributed by atoms with Crippen LogP contribution in [0.3, 0.4) is 0 Å². The van der Waals surface area contributed by atoms with E-state index in [1.165, 1.54) is 5.52 Å². The van der Waals surface area contributed by atoms with Gasteiger partial charge in [-0.1, -0.05) is 24.3 Å². The molecular formula is C20H16N4. The van der Waals surface area contributed by atoms with Crippen molar-refractivity contribution in [3.8, 4) is 11.3 Å². The number of aromatic nitrogens is 4. The van der Waals surface area contributed by atoms with E-state index in [4.69, 9.17) is 4.98 Å². The average Bonchev–Trinajstić information content (AvgIpc) is 3.11. The van der Waals surface area contributed by atoms with E-state index in [0.29, 0.717) is 0 Å². The van der Waals surface area contributed by atoms with E-state index in [9.17, 15) is 0 Å². The number of nitrogens with zero attached hydrogens (tertiary/aromatic N) is 4. The van der Waals surface area contributed by atoms with Gasteiger partial charge >= 0.3 is 0 Å². The van der Waals surface area contributed by atoms with Crippen LogP contribution < -0.4 is 0 Å². The molecule has 4 nitrogen and oxygen atoms in total. The number of rotatable bonds is 1. The summed E-state index contributed by atoms with van der Waals surface area (Å²) >= 11 is 0. The predicted molar refractivity (Wildman–Crippen MR) is 97.1 cm³/mol. The molecule has 0 amide bonds. The molecule has 0 fully saturated rings. The SMILES string of the molecule is Cc1cccc(-c2ccc3c(c2)n2c4ccccc4nc2n3C)n1. The maximum absolute atomic E-state index is 4.78. The number of para-hydroxylation sites is 2. The third-order valence-electron chi connectivity index (χ3n) is 4.60. The van der Waals surface area contributed by atoms with Gasteiger partial charge in [-0.2, -0.15) is 0 Å². The number of benzene rings is 2.